The Bertz CT molecular complexity index is 797. The van der Waals surface area contributed by atoms with Gasteiger partial charge in [-0.25, -0.2) is 0 Å². The van der Waals surface area contributed by atoms with Gasteiger partial charge in [-0.15, -0.1) is 0 Å². The number of hydrogen-bond acceptors (Lipinski definition) is 5. The summed E-state index contributed by atoms with van der Waals surface area (Å²) in [4.78, 5) is 48.2. The fraction of sp³-hybridized carbons (Fsp3) is 0.583. The molecule has 1 aromatic rings. The number of amides is 2. The molecular formula is C24H34N2O5. The second kappa shape index (κ2) is 13.0. The van der Waals surface area contributed by atoms with Gasteiger partial charge in [-0.05, 0) is 30.0 Å². The topological polar surface area (TPSA) is 102 Å². The number of rotatable bonds is 14. The highest BCUT2D eigenvalue weighted by molar-refractivity contribution is 5.94. The van der Waals surface area contributed by atoms with E-state index in [0.29, 0.717) is 5.56 Å². The number of ether oxygens (including phenoxy) is 1. The molecule has 7 nitrogen and oxygen atoms in total. The van der Waals surface area contributed by atoms with Gasteiger partial charge < -0.3 is 15.4 Å². The fourth-order valence-corrected chi connectivity index (χ4v) is 3.31. The van der Waals surface area contributed by atoms with Crippen molar-refractivity contribution in [3.05, 3.63) is 35.4 Å². The van der Waals surface area contributed by atoms with Crippen LogP contribution in [-0.4, -0.2) is 49.2 Å². The molecule has 7 heteroatoms. The average molecular weight is 433 g/mol. The number of nitrogens with one attached hydrogen (secondary N) is 2. The molecule has 170 valence electrons. The molecule has 2 rings (SSSR count). The first-order valence-corrected chi connectivity index (χ1v) is 10.8. The molecule has 1 aliphatic rings. The van der Waals surface area contributed by atoms with Crippen molar-refractivity contribution in [3.63, 3.8) is 0 Å². The molecule has 0 saturated heterocycles. The fourth-order valence-electron chi connectivity index (χ4n) is 3.31. The van der Waals surface area contributed by atoms with E-state index in [1.54, 1.807) is 0 Å². The Morgan fingerprint density at radius 3 is 2.52 bits per heavy atom. The van der Waals surface area contributed by atoms with Crippen molar-refractivity contribution in [2.75, 3.05) is 19.8 Å². The third kappa shape index (κ3) is 8.61. The predicted molar refractivity (Wildman–Crippen MR) is 118 cm³/mol. The van der Waals surface area contributed by atoms with Gasteiger partial charge in [0.25, 0.3) is 5.91 Å². The summed E-state index contributed by atoms with van der Waals surface area (Å²) >= 11 is 0. The van der Waals surface area contributed by atoms with Crippen molar-refractivity contribution in [3.8, 4) is 0 Å². The van der Waals surface area contributed by atoms with Crippen LogP contribution in [0.25, 0.3) is 0 Å². The van der Waals surface area contributed by atoms with Crippen LogP contribution in [0.2, 0.25) is 0 Å². The molecule has 0 unspecified atom stereocenters. The monoisotopic (exact) mass is 432 g/mol. The van der Waals surface area contributed by atoms with Gasteiger partial charge in [-0.1, -0.05) is 45.2 Å². The minimum Gasteiger partial charge on any atom is -0.370 e. The molecule has 1 saturated carbocycles. The predicted octanol–water partition coefficient (Wildman–Crippen LogP) is 2.61. The summed E-state index contributed by atoms with van der Waals surface area (Å²) < 4.78 is 19.5. The van der Waals surface area contributed by atoms with E-state index < -0.39 is 11.9 Å². The normalized spacial score (nSPS) is 15.2. The molecule has 1 aliphatic carbocycles. The highest BCUT2D eigenvalue weighted by Crippen LogP contribution is 2.29. The van der Waals surface area contributed by atoms with E-state index >= 15 is 0 Å². The third-order valence-corrected chi connectivity index (χ3v) is 5.41. The summed E-state index contributed by atoms with van der Waals surface area (Å²) in [6.45, 7) is -0.187. The molecule has 2 amide bonds. The summed E-state index contributed by atoms with van der Waals surface area (Å²) in [5.41, 5.74) is 1.81. The first kappa shape index (κ1) is 21.7. The molecule has 31 heavy (non-hydrogen) atoms. The van der Waals surface area contributed by atoms with E-state index in [2.05, 4.69) is 10.6 Å². The number of benzene rings is 1. The maximum absolute atomic E-state index is 12.2. The smallest absolute Gasteiger partial charge is 0.251 e. The van der Waals surface area contributed by atoms with Crippen LogP contribution in [-0.2, 0) is 25.5 Å². The largest absolute Gasteiger partial charge is 0.370 e. The van der Waals surface area contributed by atoms with Gasteiger partial charge in [-0.3, -0.25) is 19.2 Å². The molecule has 0 spiro atoms. The highest BCUT2D eigenvalue weighted by atomic mass is 16.5. The molecule has 2 N–H and O–H groups in total. The van der Waals surface area contributed by atoms with E-state index in [9.17, 15) is 19.2 Å². The van der Waals surface area contributed by atoms with Crippen LogP contribution in [0.3, 0.4) is 0 Å². The zero-order valence-electron chi connectivity index (χ0n) is 20.0. The summed E-state index contributed by atoms with van der Waals surface area (Å²) in [5.74, 6) is -0.664. The Hall–Kier alpha value is -2.54. The average Bonchev–Trinajstić information content (AvgIpc) is 2.76. The Morgan fingerprint density at radius 2 is 1.87 bits per heavy atom. The van der Waals surface area contributed by atoms with Crippen LogP contribution in [0.15, 0.2) is 24.3 Å². The van der Waals surface area contributed by atoms with E-state index in [1.807, 2.05) is 24.3 Å². The molecule has 1 aromatic carbocycles. The summed E-state index contributed by atoms with van der Waals surface area (Å²) in [6, 6.07) is 6.60. The third-order valence-electron chi connectivity index (χ3n) is 5.41. The molecule has 1 fully saturated rings. The van der Waals surface area contributed by atoms with E-state index in [1.165, 1.54) is 24.8 Å². The Labute approximate surface area is 187 Å². The summed E-state index contributed by atoms with van der Waals surface area (Å²) in [5, 5.41) is 5.22. The zero-order valence-corrected chi connectivity index (χ0v) is 18.0. The standard InChI is InChI=1S/C24H34N2O5/c1-3-20(27)15-21(22(28)4-2)26-23(29)16-31-13-12-25-24(30)19-10-8-18(9-11-19)14-17-6-5-7-17/h8-11,17,21H,3-7,12-16H2,1-2H3,(H,25,30)(H,26,29)/t21-/m0/s1/i1D,2D. The van der Waals surface area contributed by atoms with Crippen molar-refractivity contribution in [1.82, 2.24) is 10.6 Å². The molecule has 0 radical (unpaired) electrons. The first-order valence-electron chi connectivity index (χ1n) is 12.2. The maximum Gasteiger partial charge on any atom is 0.251 e. The molecule has 0 bridgehead atoms. The number of carbonyl (C=O) groups excluding carboxylic acids is 4. The van der Waals surface area contributed by atoms with Gasteiger partial charge in [0, 0.05) is 34.1 Å². The SMILES string of the molecule is [2H]CCC(=O)C[C@H](NC(=O)COCCNC(=O)c1ccc(CC2CCC2)cc1)C(=O)CC[2H]. The van der Waals surface area contributed by atoms with Gasteiger partial charge in [0.15, 0.2) is 5.78 Å². The van der Waals surface area contributed by atoms with Crippen LogP contribution in [0.1, 0.15) is 71.0 Å². The van der Waals surface area contributed by atoms with Crippen molar-refractivity contribution in [2.45, 2.75) is 64.8 Å². The van der Waals surface area contributed by atoms with E-state index in [4.69, 9.17) is 7.48 Å². The Balaban J connectivity index is 1.66. The molecule has 0 aromatic heterocycles. The van der Waals surface area contributed by atoms with Crippen molar-refractivity contribution < 1.29 is 26.7 Å². The van der Waals surface area contributed by atoms with Crippen LogP contribution in [0.4, 0.5) is 0 Å². The summed E-state index contributed by atoms with van der Waals surface area (Å²) in [6.07, 6.45) is 4.71. The quantitative estimate of drug-likeness (QED) is 0.440. The van der Waals surface area contributed by atoms with Gasteiger partial charge in [-0.2, -0.15) is 0 Å². The number of hydrogen-bond donors (Lipinski definition) is 2. The lowest BCUT2D eigenvalue weighted by Crippen LogP contribution is -2.43. The van der Waals surface area contributed by atoms with Gasteiger partial charge in [0.2, 0.25) is 5.91 Å². The number of Topliss-reactive ketones (excluding diaryl/α,β-unsaturated/α-hetero) is 2. The van der Waals surface area contributed by atoms with Crippen LogP contribution < -0.4 is 10.6 Å². The Kier molecular flexibility index (Phi) is 9.09. The lowest BCUT2D eigenvalue weighted by atomic mass is 9.81. The van der Waals surface area contributed by atoms with Gasteiger partial charge in [0.1, 0.15) is 12.4 Å². The second-order valence-electron chi connectivity index (χ2n) is 7.84. The van der Waals surface area contributed by atoms with Gasteiger partial charge in [0.05, 0.1) is 12.6 Å². The van der Waals surface area contributed by atoms with Crippen molar-refractivity contribution in [2.24, 2.45) is 5.92 Å². The zero-order chi connectivity index (χ0) is 24.1. The minimum absolute atomic E-state index is 0.0139. The second-order valence-corrected chi connectivity index (χ2v) is 7.84. The molecule has 1 atom stereocenters. The van der Waals surface area contributed by atoms with Crippen molar-refractivity contribution in [1.29, 1.82) is 0 Å². The lowest BCUT2D eigenvalue weighted by Gasteiger charge is -2.25. The maximum atomic E-state index is 12.2. The van der Waals surface area contributed by atoms with E-state index in [-0.39, 0.29) is 70.3 Å². The number of carbonyl (C=O) groups is 4. The van der Waals surface area contributed by atoms with Crippen LogP contribution in [0.5, 0.6) is 0 Å². The first-order chi connectivity index (χ1) is 15.9. The van der Waals surface area contributed by atoms with Crippen LogP contribution >= 0.6 is 0 Å². The molecule has 0 heterocycles. The van der Waals surface area contributed by atoms with Crippen molar-refractivity contribution >= 4 is 23.4 Å². The van der Waals surface area contributed by atoms with E-state index in [0.717, 1.165) is 12.3 Å². The molecular weight excluding hydrogens is 396 g/mol. The minimum atomic E-state index is -1.00. The number of ketones is 2. The summed E-state index contributed by atoms with van der Waals surface area (Å²) in [7, 11) is 0. The molecule has 0 aliphatic heterocycles. The highest BCUT2D eigenvalue weighted by Gasteiger charge is 2.21. The Morgan fingerprint density at radius 1 is 1.13 bits per heavy atom. The van der Waals surface area contributed by atoms with Crippen LogP contribution in [0, 0.1) is 5.92 Å². The lowest BCUT2D eigenvalue weighted by molar-refractivity contribution is -0.132. The van der Waals surface area contributed by atoms with Gasteiger partial charge >= 0.3 is 0 Å².